The van der Waals surface area contributed by atoms with Crippen LogP contribution in [0.15, 0.2) is 103 Å². The molecule has 1 aromatic heterocycles. The van der Waals surface area contributed by atoms with Crippen molar-refractivity contribution in [1.29, 1.82) is 0 Å². The molecule has 9 nitrogen and oxygen atoms in total. The van der Waals surface area contributed by atoms with E-state index >= 15 is 0 Å². The van der Waals surface area contributed by atoms with Gasteiger partial charge < -0.3 is 29.2 Å². The number of para-hydroxylation sites is 2. The summed E-state index contributed by atoms with van der Waals surface area (Å²) in [5.74, 6) is -0.854. The summed E-state index contributed by atoms with van der Waals surface area (Å²) in [5.41, 5.74) is 7.66. The van der Waals surface area contributed by atoms with E-state index in [2.05, 4.69) is 20.9 Å². The second-order valence-electron chi connectivity index (χ2n) is 11.5. The standard InChI is InChI=1S/C37H37N3O6/c1-24(44-25(2)42)36(43)38-20-30-7-3-4-8-32(30)27-15-17-29(18-16-27)37-45-31(21-40-23-39-33-9-5-6-10-34(33)40)19-35(46-37)28-13-11-26(22-41)12-14-28/h3-18,23-24,31,35,37,41H,19-22H2,1-2H3,(H,38,43)/t24-,31+,35-,37-/m0/s1. The van der Waals surface area contributed by atoms with Crippen LogP contribution < -0.4 is 5.32 Å². The molecule has 0 unspecified atom stereocenters. The van der Waals surface area contributed by atoms with Gasteiger partial charge in [-0.2, -0.15) is 0 Å². The Balaban J connectivity index is 1.22. The van der Waals surface area contributed by atoms with E-state index in [0.29, 0.717) is 19.5 Å². The number of hydrogen-bond acceptors (Lipinski definition) is 7. The summed E-state index contributed by atoms with van der Waals surface area (Å²) in [4.78, 5) is 28.2. The molecule has 46 heavy (non-hydrogen) atoms. The Morgan fingerprint density at radius 1 is 0.957 bits per heavy atom. The molecule has 4 atom stereocenters. The maximum Gasteiger partial charge on any atom is 0.303 e. The molecule has 0 spiro atoms. The number of ether oxygens (including phenoxy) is 3. The topological polar surface area (TPSA) is 112 Å². The van der Waals surface area contributed by atoms with Gasteiger partial charge in [-0.3, -0.25) is 9.59 Å². The number of benzene rings is 4. The van der Waals surface area contributed by atoms with Crippen molar-refractivity contribution in [1.82, 2.24) is 14.9 Å². The number of aliphatic hydroxyl groups is 1. The first-order valence-corrected chi connectivity index (χ1v) is 15.4. The van der Waals surface area contributed by atoms with E-state index in [0.717, 1.165) is 44.4 Å². The summed E-state index contributed by atoms with van der Waals surface area (Å²) in [6.45, 7) is 3.73. The molecule has 5 aromatic rings. The Kier molecular flexibility index (Phi) is 9.54. The van der Waals surface area contributed by atoms with Gasteiger partial charge in [0.1, 0.15) is 0 Å². The average molecular weight is 620 g/mol. The van der Waals surface area contributed by atoms with Gasteiger partial charge in [0.25, 0.3) is 5.91 Å². The van der Waals surface area contributed by atoms with E-state index in [-0.39, 0.29) is 24.7 Å². The molecule has 0 saturated carbocycles. The second kappa shape index (κ2) is 14.1. The Morgan fingerprint density at radius 2 is 1.67 bits per heavy atom. The molecule has 2 N–H and O–H groups in total. The fraction of sp³-hybridized carbons (Fsp3) is 0.270. The third-order valence-electron chi connectivity index (χ3n) is 8.22. The Bertz CT molecular complexity index is 1800. The molecule has 1 saturated heterocycles. The zero-order valence-electron chi connectivity index (χ0n) is 25.8. The van der Waals surface area contributed by atoms with Gasteiger partial charge in [0, 0.05) is 25.5 Å². The number of amides is 1. The van der Waals surface area contributed by atoms with Crippen molar-refractivity contribution in [3.8, 4) is 11.1 Å². The fourth-order valence-electron chi connectivity index (χ4n) is 5.81. The number of nitrogens with zero attached hydrogens (tertiary/aromatic N) is 2. The lowest BCUT2D eigenvalue weighted by molar-refractivity contribution is -0.252. The highest BCUT2D eigenvalue weighted by Crippen LogP contribution is 2.39. The van der Waals surface area contributed by atoms with Crippen LogP contribution in [0.25, 0.3) is 22.2 Å². The number of carbonyl (C=O) groups excluding carboxylic acids is 2. The van der Waals surface area contributed by atoms with Gasteiger partial charge in [-0.15, -0.1) is 0 Å². The van der Waals surface area contributed by atoms with E-state index in [1.165, 1.54) is 6.92 Å². The summed E-state index contributed by atoms with van der Waals surface area (Å²) in [6.07, 6.45) is 0.709. The monoisotopic (exact) mass is 619 g/mol. The number of esters is 1. The van der Waals surface area contributed by atoms with Gasteiger partial charge in [0.2, 0.25) is 0 Å². The molecule has 236 valence electrons. The smallest absolute Gasteiger partial charge is 0.303 e. The number of imidazole rings is 1. The first kappa shape index (κ1) is 31.2. The molecule has 1 fully saturated rings. The molecule has 1 aliphatic heterocycles. The fourth-order valence-corrected chi connectivity index (χ4v) is 5.81. The van der Waals surface area contributed by atoms with Crippen LogP contribution in [0.1, 0.15) is 54.9 Å². The first-order chi connectivity index (χ1) is 22.4. The number of aliphatic hydroxyl groups excluding tert-OH is 1. The van der Waals surface area contributed by atoms with Crippen LogP contribution in [0.5, 0.6) is 0 Å². The van der Waals surface area contributed by atoms with Crippen LogP contribution in [0.2, 0.25) is 0 Å². The molecule has 6 rings (SSSR count). The Morgan fingerprint density at radius 3 is 2.43 bits per heavy atom. The predicted molar refractivity (Wildman–Crippen MR) is 173 cm³/mol. The van der Waals surface area contributed by atoms with Crippen LogP contribution in [-0.2, 0) is 43.5 Å². The SMILES string of the molecule is CC(=O)O[C@@H](C)C(=O)NCc1ccccc1-c1ccc([C@H]2O[C@@H](Cn3cnc4ccccc43)C[C@@H](c3ccc(CO)cc3)O2)cc1. The molecule has 1 amide bonds. The van der Waals surface area contributed by atoms with Crippen molar-refractivity contribution in [3.63, 3.8) is 0 Å². The normalized spacial score (nSPS) is 18.6. The Hall–Kier alpha value is -4.83. The van der Waals surface area contributed by atoms with Crippen LogP contribution in [-0.4, -0.2) is 38.7 Å². The van der Waals surface area contributed by atoms with E-state index in [9.17, 15) is 14.7 Å². The predicted octanol–water partition coefficient (Wildman–Crippen LogP) is 6.01. The average Bonchev–Trinajstić information content (AvgIpc) is 3.49. The van der Waals surface area contributed by atoms with E-state index in [1.807, 2.05) is 97.3 Å². The number of carbonyl (C=O) groups is 2. The Labute approximate surface area is 267 Å². The number of nitrogens with one attached hydrogen (secondary N) is 1. The van der Waals surface area contributed by atoms with Crippen LogP contribution in [0, 0.1) is 0 Å². The highest BCUT2D eigenvalue weighted by atomic mass is 16.7. The maximum absolute atomic E-state index is 12.4. The molecule has 9 heteroatoms. The third-order valence-corrected chi connectivity index (χ3v) is 8.22. The number of fused-ring (bicyclic) bond motifs is 1. The lowest BCUT2D eigenvalue weighted by Gasteiger charge is -2.36. The van der Waals surface area contributed by atoms with Gasteiger partial charge >= 0.3 is 5.97 Å². The minimum absolute atomic E-state index is 0.0108. The van der Waals surface area contributed by atoms with Gasteiger partial charge in [-0.05, 0) is 46.9 Å². The summed E-state index contributed by atoms with van der Waals surface area (Å²) < 4.78 is 20.3. The molecular weight excluding hydrogens is 582 g/mol. The minimum Gasteiger partial charge on any atom is -0.453 e. The summed E-state index contributed by atoms with van der Waals surface area (Å²) in [7, 11) is 0. The summed E-state index contributed by atoms with van der Waals surface area (Å²) in [6, 6.07) is 31.9. The number of hydrogen-bond donors (Lipinski definition) is 2. The zero-order chi connectivity index (χ0) is 32.0. The van der Waals surface area contributed by atoms with Crippen LogP contribution in [0.3, 0.4) is 0 Å². The van der Waals surface area contributed by atoms with Crippen molar-refractivity contribution >= 4 is 22.9 Å². The van der Waals surface area contributed by atoms with Crippen molar-refractivity contribution in [3.05, 3.63) is 126 Å². The van der Waals surface area contributed by atoms with Gasteiger partial charge in [0.15, 0.2) is 12.4 Å². The van der Waals surface area contributed by atoms with E-state index < -0.39 is 18.4 Å². The van der Waals surface area contributed by atoms with Gasteiger partial charge in [-0.1, -0.05) is 84.9 Å². The first-order valence-electron chi connectivity index (χ1n) is 15.4. The van der Waals surface area contributed by atoms with E-state index in [1.54, 1.807) is 6.92 Å². The van der Waals surface area contributed by atoms with Crippen LogP contribution in [0.4, 0.5) is 0 Å². The van der Waals surface area contributed by atoms with Gasteiger partial charge in [-0.25, -0.2) is 4.98 Å². The minimum atomic E-state index is -0.868. The van der Waals surface area contributed by atoms with E-state index in [4.69, 9.17) is 14.2 Å². The quantitative estimate of drug-likeness (QED) is 0.184. The zero-order valence-corrected chi connectivity index (χ0v) is 25.8. The lowest BCUT2D eigenvalue weighted by Crippen LogP contribution is -2.35. The van der Waals surface area contributed by atoms with Crippen molar-refractivity contribution in [2.45, 2.75) is 64.6 Å². The number of rotatable bonds is 10. The van der Waals surface area contributed by atoms with Crippen molar-refractivity contribution in [2.24, 2.45) is 0 Å². The molecule has 1 aliphatic rings. The summed E-state index contributed by atoms with van der Waals surface area (Å²) >= 11 is 0. The third kappa shape index (κ3) is 7.18. The number of aromatic nitrogens is 2. The summed E-state index contributed by atoms with van der Waals surface area (Å²) in [5, 5.41) is 12.4. The molecule has 2 heterocycles. The largest absolute Gasteiger partial charge is 0.453 e. The highest BCUT2D eigenvalue weighted by molar-refractivity contribution is 5.83. The molecule has 0 aliphatic carbocycles. The van der Waals surface area contributed by atoms with Gasteiger partial charge in [0.05, 0.1) is 42.7 Å². The maximum atomic E-state index is 12.4. The second-order valence-corrected chi connectivity index (χ2v) is 11.5. The molecular formula is C37H37N3O6. The molecule has 0 radical (unpaired) electrons. The van der Waals surface area contributed by atoms with Crippen molar-refractivity contribution < 1.29 is 28.9 Å². The molecule has 4 aromatic carbocycles. The highest BCUT2D eigenvalue weighted by Gasteiger charge is 2.32. The van der Waals surface area contributed by atoms with Crippen LogP contribution >= 0.6 is 0 Å². The van der Waals surface area contributed by atoms with Crippen molar-refractivity contribution in [2.75, 3.05) is 0 Å². The lowest BCUT2D eigenvalue weighted by atomic mass is 9.97. The molecule has 0 bridgehead atoms.